The van der Waals surface area contributed by atoms with Crippen molar-refractivity contribution in [1.29, 1.82) is 0 Å². The Labute approximate surface area is 128 Å². The number of carbonyl (C=O) groups is 1. The summed E-state index contributed by atoms with van der Waals surface area (Å²) in [5, 5.41) is 12.6. The minimum absolute atomic E-state index is 0.141. The van der Waals surface area contributed by atoms with Gasteiger partial charge >= 0.3 is 0 Å². The number of pyridine rings is 1. The average molecular weight is 305 g/mol. The van der Waals surface area contributed by atoms with E-state index in [4.69, 9.17) is 11.6 Å². The maximum Gasteiger partial charge on any atom is 0.254 e. The van der Waals surface area contributed by atoms with Gasteiger partial charge in [0.2, 0.25) is 0 Å². The van der Waals surface area contributed by atoms with Crippen LogP contribution in [-0.4, -0.2) is 28.6 Å². The Morgan fingerprint density at radius 1 is 1.38 bits per heavy atom. The largest absolute Gasteiger partial charge is 0.394 e. The van der Waals surface area contributed by atoms with Crippen molar-refractivity contribution in [2.45, 2.75) is 19.4 Å². The van der Waals surface area contributed by atoms with E-state index in [9.17, 15) is 9.90 Å². The number of amides is 1. The van der Waals surface area contributed by atoms with E-state index >= 15 is 0 Å². The quantitative estimate of drug-likeness (QED) is 0.891. The highest BCUT2D eigenvalue weighted by atomic mass is 35.5. The molecule has 0 aliphatic carbocycles. The molecule has 1 atom stereocenters. The average Bonchev–Trinajstić information content (AvgIpc) is 2.47. The summed E-state index contributed by atoms with van der Waals surface area (Å²) in [7, 11) is 0. The normalized spacial score (nSPS) is 12.0. The molecule has 2 rings (SSSR count). The number of halogens is 1. The monoisotopic (exact) mass is 304 g/mol. The van der Waals surface area contributed by atoms with Crippen molar-refractivity contribution in [3.05, 3.63) is 64.4 Å². The van der Waals surface area contributed by atoms with Gasteiger partial charge in [0, 0.05) is 11.9 Å². The molecule has 0 radical (unpaired) electrons. The lowest BCUT2D eigenvalue weighted by Gasteiger charge is -2.17. The molecule has 5 heteroatoms. The highest BCUT2D eigenvalue weighted by molar-refractivity contribution is 6.33. The van der Waals surface area contributed by atoms with Crippen LogP contribution in [0.15, 0.2) is 42.6 Å². The van der Waals surface area contributed by atoms with Crippen LogP contribution >= 0.6 is 11.6 Å². The molecule has 21 heavy (non-hydrogen) atoms. The number of carbonyl (C=O) groups excluding carboxylic acids is 1. The molecule has 1 heterocycles. The van der Waals surface area contributed by atoms with E-state index in [2.05, 4.69) is 10.3 Å². The minimum atomic E-state index is -0.364. The molecule has 1 aromatic heterocycles. The van der Waals surface area contributed by atoms with Crippen LogP contribution in [0.1, 0.15) is 21.6 Å². The summed E-state index contributed by atoms with van der Waals surface area (Å²) in [5.41, 5.74) is 2.11. The first-order valence-electron chi connectivity index (χ1n) is 6.68. The predicted molar refractivity (Wildman–Crippen MR) is 82.5 cm³/mol. The highest BCUT2D eigenvalue weighted by Gasteiger charge is 2.16. The fraction of sp³-hybridized carbons (Fsp3) is 0.250. The molecule has 0 aliphatic rings. The van der Waals surface area contributed by atoms with Gasteiger partial charge in [-0.25, -0.2) is 0 Å². The molecular weight excluding hydrogens is 288 g/mol. The minimum Gasteiger partial charge on any atom is -0.394 e. The summed E-state index contributed by atoms with van der Waals surface area (Å²) in [4.78, 5) is 16.3. The standard InChI is InChI=1S/C16H17ClN2O2/c1-11-7-15(17)14(9-18-11)16(21)19-13(10-20)8-12-5-3-2-4-6-12/h2-7,9,13,20H,8,10H2,1H3,(H,19,21)/t13-/m1/s1. The first-order chi connectivity index (χ1) is 10.1. The maximum atomic E-state index is 12.2. The second kappa shape index (κ2) is 7.20. The summed E-state index contributed by atoms with van der Waals surface area (Å²) < 4.78 is 0. The van der Waals surface area contributed by atoms with Gasteiger partial charge in [-0.15, -0.1) is 0 Å². The Morgan fingerprint density at radius 2 is 2.10 bits per heavy atom. The molecule has 0 fully saturated rings. The van der Waals surface area contributed by atoms with Crippen molar-refractivity contribution >= 4 is 17.5 Å². The predicted octanol–water partition coefficient (Wildman–Crippen LogP) is 2.38. The second-order valence-electron chi connectivity index (χ2n) is 4.85. The third-order valence-corrected chi connectivity index (χ3v) is 3.43. The van der Waals surface area contributed by atoms with Crippen molar-refractivity contribution in [3.63, 3.8) is 0 Å². The number of aryl methyl sites for hydroxylation is 1. The molecule has 0 aliphatic heterocycles. The van der Waals surface area contributed by atoms with Crippen LogP contribution in [0.25, 0.3) is 0 Å². The molecule has 4 nitrogen and oxygen atoms in total. The molecule has 2 N–H and O–H groups in total. The molecular formula is C16H17ClN2O2. The topological polar surface area (TPSA) is 62.2 Å². The van der Waals surface area contributed by atoms with Crippen LogP contribution in [-0.2, 0) is 6.42 Å². The number of nitrogens with zero attached hydrogens (tertiary/aromatic N) is 1. The van der Waals surface area contributed by atoms with Gasteiger partial charge < -0.3 is 10.4 Å². The van der Waals surface area contributed by atoms with Gasteiger partial charge in [-0.05, 0) is 25.0 Å². The molecule has 0 saturated carbocycles. The number of rotatable bonds is 5. The number of aliphatic hydroxyl groups is 1. The van der Waals surface area contributed by atoms with Crippen molar-refractivity contribution in [2.24, 2.45) is 0 Å². The van der Waals surface area contributed by atoms with Crippen molar-refractivity contribution in [2.75, 3.05) is 6.61 Å². The maximum absolute atomic E-state index is 12.2. The number of nitrogens with one attached hydrogen (secondary N) is 1. The fourth-order valence-electron chi connectivity index (χ4n) is 2.02. The van der Waals surface area contributed by atoms with E-state index in [-0.39, 0.29) is 18.6 Å². The van der Waals surface area contributed by atoms with Crippen LogP contribution in [0.4, 0.5) is 0 Å². The molecule has 0 unspecified atom stereocenters. The first-order valence-corrected chi connectivity index (χ1v) is 7.05. The Kier molecular flexibility index (Phi) is 5.31. The zero-order valence-electron chi connectivity index (χ0n) is 11.7. The van der Waals surface area contributed by atoms with E-state index in [1.807, 2.05) is 30.3 Å². The lowest BCUT2D eigenvalue weighted by atomic mass is 10.1. The zero-order chi connectivity index (χ0) is 15.2. The number of aliphatic hydroxyl groups excluding tert-OH is 1. The molecule has 0 spiro atoms. The van der Waals surface area contributed by atoms with Crippen molar-refractivity contribution in [3.8, 4) is 0 Å². The molecule has 2 aromatic rings. The smallest absolute Gasteiger partial charge is 0.254 e. The van der Waals surface area contributed by atoms with Crippen LogP contribution in [0.3, 0.4) is 0 Å². The first kappa shape index (κ1) is 15.5. The lowest BCUT2D eigenvalue weighted by Crippen LogP contribution is -2.39. The highest BCUT2D eigenvalue weighted by Crippen LogP contribution is 2.16. The Hall–Kier alpha value is -1.91. The fourth-order valence-corrected chi connectivity index (χ4v) is 2.31. The van der Waals surface area contributed by atoms with Crippen LogP contribution < -0.4 is 5.32 Å². The lowest BCUT2D eigenvalue weighted by molar-refractivity contribution is 0.0916. The Bertz CT molecular complexity index is 617. The van der Waals surface area contributed by atoms with E-state index in [0.29, 0.717) is 17.0 Å². The second-order valence-corrected chi connectivity index (χ2v) is 5.26. The molecule has 110 valence electrons. The zero-order valence-corrected chi connectivity index (χ0v) is 12.5. The van der Waals surface area contributed by atoms with Gasteiger partial charge in [0.1, 0.15) is 0 Å². The van der Waals surface area contributed by atoms with Crippen LogP contribution in [0.2, 0.25) is 5.02 Å². The number of hydrogen-bond donors (Lipinski definition) is 2. The van der Waals surface area contributed by atoms with E-state index < -0.39 is 0 Å². The summed E-state index contributed by atoms with van der Waals surface area (Å²) in [5.74, 6) is -0.331. The summed E-state index contributed by atoms with van der Waals surface area (Å²) in [6.45, 7) is 1.66. The summed E-state index contributed by atoms with van der Waals surface area (Å²) in [6.07, 6.45) is 2.00. The molecule has 0 saturated heterocycles. The van der Waals surface area contributed by atoms with Gasteiger partial charge in [0.05, 0.1) is 23.2 Å². The Morgan fingerprint density at radius 3 is 2.71 bits per heavy atom. The SMILES string of the molecule is Cc1cc(Cl)c(C(=O)N[C@@H](CO)Cc2ccccc2)cn1. The number of hydrogen-bond acceptors (Lipinski definition) is 3. The van der Waals surface area contributed by atoms with E-state index in [1.165, 1.54) is 6.20 Å². The number of benzene rings is 1. The van der Waals surface area contributed by atoms with Crippen LogP contribution in [0, 0.1) is 6.92 Å². The van der Waals surface area contributed by atoms with Gasteiger partial charge in [-0.2, -0.15) is 0 Å². The van der Waals surface area contributed by atoms with Gasteiger partial charge in [-0.3, -0.25) is 9.78 Å². The van der Waals surface area contributed by atoms with Crippen LogP contribution in [0.5, 0.6) is 0 Å². The third-order valence-electron chi connectivity index (χ3n) is 3.12. The molecule has 1 amide bonds. The summed E-state index contributed by atoms with van der Waals surface area (Å²) in [6, 6.07) is 11.0. The van der Waals surface area contributed by atoms with Crippen molar-refractivity contribution < 1.29 is 9.90 Å². The van der Waals surface area contributed by atoms with Gasteiger partial charge in [0.15, 0.2) is 0 Å². The molecule has 0 bridgehead atoms. The Balaban J connectivity index is 2.06. The summed E-state index contributed by atoms with van der Waals surface area (Å²) >= 11 is 6.05. The van der Waals surface area contributed by atoms with E-state index in [0.717, 1.165) is 11.3 Å². The number of aromatic nitrogens is 1. The third kappa shape index (κ3) is 4.28. The van der Waals surface area contributed by atoms with Gasteiger partial charge in [0.25, 0.3) is 5.91 Å². The van der Waals surface area contributed by atoms with E-state index in [1.54, 1.807) is 13.0 Å². The van der Waals surface area contributed by atoms with Gasteiger partial charge in [-0.1, -0.05) is 41.9 Å². The van der Waals surface area contributed by atoms with Crippen molar-refractivity contribution in [1.82, 2.24) is 10.3 Å². The molecule has 1 aromatic carbocycles.